The minimum absolute atomic E-state index is 0.0478. The zero-order valence-electron chi connectivity index (χ0n) is 13.7. The third-order valence-electron chi connectivity index (χ3n) is 4.62. The van der Waals surface area contributed by atoms with Gasteiger partial charge >= 0.3 is 0 Å². The van der Waals surface area contributed by atoms with Gasteiger partial charge in [-0.25, -0.2) is 0 Å². The van der Waals surface area contributed by atoms with Gasteiger partial charge < -0.3 is 10.7 Å². The first-order chi connectivity index (χ1) is 12.1. The van der Waals surface area contributed by atoms with E-state index in [1.807, 2.05) is 43.3 Å². The van der Waals surface area contributed by atoms with Crippen molar-refractivity contribution >= 4 is 23.2 Å². The average Bonchev–Trinajstić information content (AvgIpc) is 3.20. The fourth-order valence-electron chi connectivity index (χ4n) is 3.41. The SMILES string of the molecule is Cc1ccccc1N1C(=O)C(c2ccc[nH]2)c2cc(C(N)=O)ccc21. The molecule has 0 saturated carbocycles. The summed E-state index contributed by atoms with van der Waals surface area (Å²) in [6.45, 7) is 1.97. The first-order valence-corrected chi connectivity index (χ1v) is 8.04. The molecule has 25 heavy (non-hydrogen) atoms. The molecule has 0 aliphatic carbocycles. The number of nitrogens with two attached hydrogens (primary N) is 1. The highest BCUT2D eigenvalue weighted by Crippen LogP contribution is 2.45. The normalized spacial score (nSPS) is 16.1. The van der Waals surface area contributed by atoms with Crippen LogP contribution in [-0.4, -0.2) is 16.8 Å². The second-order valence-electron chi connectivity index (χ2n) is 6.16. The monoisotopic (exact) mass is 331 g/mol. The lowest BCUT2D eigenvalue weighted by atomic mass is 9.95. The van der Waals surface area contributed by atoms with Gasteiger partial charge in [-0.15, -0.1) is 0 Å². The summed E-state index contributed by atoms with van der Waals surface area (Å²) >= 11 is 0. The number of aryl methyl sites for hydroxylation is 1. The molecule has 1 aliphatic rings. The van der Waals surface area contributed by atoms with Gasteiger partial charge in [-0.05, 0) is 54.4 Å². The van der Waals surface area contributed by atoms with E-state index in [-0.39, 0.29) is 5.91 Å². The number of rotatable bonds is 3. The van der Waals surface area contributed by atoms with Crippen LogP contribution in [0, 0.1) is 6.92 Å². The molecule has 2 heterocycles. The number of para-hydroxylation sites is 1. The second kappa shape index (κ2) is 5.63. The van der Waals surface area contributed by atoms with Gasteiger partial charge in [0, 0.05) is 17.5 Å². The molecule has 0 bridgehead atoms. The predicted octanol–water partition coefficient (Wildman–Crippen LogP) is 3.23. The Morgan fingerprint density at radius 1 is 1.08 bits per heavy atom. The summed E-state index contributed by atoms with van der Waals surface area (Å²) < 4.78 is 0. The number of nitrogens with one attached hydrogen (secondary N) is 1. The maximum absolute atomic E-state index is 13.3. The van der Waals surface area contributed by atoms with Crippen molar-refractivity contribution in [3.05, 3.63) is 83.2 Å². The van der Waals surface area contributed by atoms with E-state index in [1.54, 1.807) is 29.3 Å². The van der Waals surface area contributed by atoms with Gasteiger partial charge in [0.15, 0.2) is 0 Å². The molecule has 1 aliphatic heterocycles. The van der Waals surface area contributed by atoms with E-state index in [4.69, 9.17) is 5.73 Å². The zero-order valence-corrected chi connectivity index (χ0v) is 13.7. The van der Waals surface area contributed by atoms with Gasteiger partial charge in [0.1, 0.15) is 5.92 Å². The molecule has 5 heteroatoms. The third-order valence-corrected chi connectivity index (χ3v) is 4.62. The molecule has 2 aromatic carbocycles. The molecule has 0 radical (unpaired) electrons. The summed E-state index contributed by atoms with van der Waals surface area (Å²) in [4.78, 5) is 29.7. The van der Waals surface area contributed by atoms with Crippen LogP contribution in [0.15, 0.2) is 60.8 Å². The van der Waals surface area contributed by atoms with Crippen molar-refractivity contribution in [3.63, 3.8) is 0 Å². The summed E-state index contributed by atoms with van der Waals surface area (Å²) in [6.07, 6.45) is 1.79. The maximum Gasteiger partial charge on any atom is 0.248 e. The Labute approximate surface area is 145 Å². The van der Waals surface area contributed by atoms with Crippen molar-refractivity contribution in [1.29, 1.82) is 0 Å². The Morgan fingerprint density at radius 2 is 1.88 bits per heavy atom. The number of aromatic amines is 1. The summed E-state index contributed by atoms with van der Waals surface area (Å²) in [6, 6.07) is 16.7. The summed E-state index contributed by atoms with van der Waals surface area (Å²) in [5, 5.41) is 0. The van der Waals surface area contributed by atoms with Crippen LogP contribution >= 0.6 is 0 Å². The van der Waals surface area contributed by atoms with E-state index in [1.165, 1.54) is 0 Å². The van der Waals surface area contributed by atoms with Gasteiger partial charge in [-0.1, -0.05) is 18.2 Å². The fraction of sp³-hybridized carbons (Fsp3) is 0.100. The molecule has 3 aromatic rings. The van der Waals surface area contributed by atoms with E-state index >= 15 is 0 Å². The van der Waals surface area contributed by atoms with Crippen molar-refractivity contribution in [2.45, 2.75) is 12.8 Å². The number of nitrogens with zero attached hydrogens (tertiary/aromatic N) is 1. The van der Waals surface area contributed by atoms with Crippen LogP contribution in [-0.2, 0) is 4.79 Å². The Balaban J connectivity index is 1.94. The standard InChI is InChI=1S/C20H17N3O2/c1-12-5-2-3-7-16(12)23-17-9-8-13(19(21)24)11-14(17)18(20(23)25)15-6-4-10-22-15/h2-11,18,22H,1H3,(H2,21,24). The molecule has 2 amide bonds. The summed E-state index contributed by atoms with van der Waals surface area (Å²) in [5.74, 6) is -1.04. The van der Waals surface area contributed by atoms with E-state index in [0.717, 1.165) is 28.2 Å². The number of H-pyrrole nitrogens is 1. The quantitative estimate of drug-likeness (QED) is 0.773. The van der Waals surface area contributed by atoms with Crippen LogP contribution in [0.3, 0.4) is 0 Å². The topological polar surface area (TPSA) is 79.2 Å². The zero-order chi connectivity index (χ0) is 17.6. The lowest BCUT2D eigenvalue weighted by molar-refractivity contribution is -0.117. The number of hydrogen-bond donors (Lipinski definition) is 2. The third kappa shape index (κ3) is 2.32. The Morgan fingerprint density at radius 3 is 2.56 bits per heavy atom. The molecule has 4 rings (SSSR count). The molecule has 1 atom stereocenters. The second-order valence-corrected chi connectivity index (χ2v) is 6.16. The fourth-order valence-corrected chi connectivity index (χ4v) is 3.41. The van der Waals surface area contributed by atoms with Crippen LogP contribution in [0.1, 0.15) is 33.1 Å². The van der Waals surface area contributed by atoms with Crippen molar-refractivity contribution in [3.8, 4) is 0 Å². The molecular formula is C20H17N3O2. The van der Waals surface area contributed by atoms with Gasteiger partial charge in [0.05, 0.1) is 11.4 Å². The Kier molecular flexibility index (Phi) is 3.42. The maximum atomic E-state index is 13.3. The van der Waals surface area contributed by atoms with E-state index in [9.17, 15) is 9.59 Å². The van der Waals surface area contributed by atoms with Crippen LogP contribution in [0.2, 0.25) is 0 Å². The number of hydrogen-bond acceptors (Lipinski definition) is 2. The minimum atomic E-state index is -0.505. The van der Waals surface area contributed by atoms with Gasteiger partial charge in [-0.2, -0.15) is 0 Å². The molecule has 124 valence electrons. The van der Waals surface area contributed by atoms with Gasteiger partial charge in [0.2, 0.25) is 11.8 Å². The molecule has 1 aromatic heterocycles. The highest BCUT2D eigenvalue weighted by atomic mass is 16.2. The first kappa shape index (κ1) is 15.2. The molecule has 1 unspecified atom stereocenters. The van der Waals surface area contributed by atoms with Crippen molar-refractivity contribution < 1.29 is 9.59 Å². The molecule has 0 fully saturated rings. The number of fused-ring (bicyclic) bond motifs is 1. The van der Waals surface area contributed by atoms with Gasteiger partial charge in [0.25, 0.3) is 0 Å². The van der Waals surface area contributed by atoms with Crippen molar-refractivity contribution in [2.24, 2.45) is 5.73 Å². The molecule has 0 saturated heterocycles. The molecule has 0 spiro atoms. The number of benzene rings is 2. The average molecular weight is 331 g/mol. The smallest absolute Gasteiger partial charge is 0.248 e. The largest absolute Gasteiger partial charge is 0.366 e. The van der Waals surface area contributed by atoms with Crippen LogP contribution in [0.25, 0.3) is 0 Å². The van der Waals surface area contributed by atoms with E-state index in [2.05, 4.69) is 4.98 Å². The van der Waals surface area contributed by atoms with Crippen molar-refractivity contribution in [2.75, 3.05) is 4.90 Å². The highest BCUT2D eigenvalue weighted by molar-refractivity contribution is 6.12. The molecule has 3 N–H and O–H groups in total. The number of amides is 2. The lowest BCUT2D eigenvalue weighted by Gasteiger charge is -2.20. The molecule has 5 nitrogen and oxygen atoms in total. The lowest BCUT2D eigenvalue weighted by Crippen LogP contribution is -2.25. The van der Waals surface area contributed by atoms with Crippen LogP contribution in [0.4, 0.5) is 11.4 Å². The number of anilines is 2. The Hall–Kier alpha value is -3.34. The number of primary amides is 1. The van der Waals surface area contributed by atoms with E-state index < -0.39 is 11.8 Å². The Bertz CT molecular complexity index is 976. The number of carbonyl (C=O) groups excluding carboxylic acids is 2. The van der Waals surface area contributed by atoms with Crippen LogP contribution < -0.4 is 10.6 Å². The number of carbonyl (C=O) groups is 2. The molecular weight excluding hydrogens is 314 g/mol. The van der Waals surface area contributed by atoms with E-state index in [0.29, 0.717) is 5.56 Å². The minimum Gasteiger partial charge on any atom is -0.366 e. The highest BCUT2D eigenvalue weighted by Gasteiger charge is 2.40. The summed E-state index contributed by atoms with van der Waals surface area (Å²) in [5.41, 5.74) is 10.0. The predicted molar refractivity (Wildman–Crippen MR) is 95.9 cm³/mol. The first-order valence-electron chi connectivity index (χ1n) is 8.04. The van der Waals surface area contributed by atoms with Crippen LogP contribution in [0.5, 0.6) is 0 Å². The van der Waals surface area contributed by atoms with Gasteiger partial charge in [-0.3, -0.25) is 14.5 Å². The van der Waals surface area contributed by atoms with Crippen molar-refractivity contribution in [1.82, 2.24) is 4.98 Å². The number of aromatic nitrogens is 1. The summed E-state index contributed by atoms with van der Waals surface area (Å²) in [7, 11) is 0.